The fourth-order valence-corrected chi connectivity index (χ4v) is 2.02. The van der Waals surface area contributed by atoms with Crippen LogP contribution >= 0.6 is 15.9 Å². The van der Waals surface area contributed by atoms with Gasteiger partial charge < -0.3 is 9.88 Å². The summed E-state index contributed by atoms with van der Waals surface area (Å²) < 4.78 is 2.84. The van der Waals surface area contributed by atoms with Crippen LogP contribution in [0.5, 0.6) is 0 Å². The lowest BCUT2D eigenvalue weighted by Gasteiger charge is -2.21. The summed E-state index contributed by atoms with van der Waals surface area (Å²) in [6, 6.07) is 0. The summed E-state index contributed by atoms with van der Waals surface area (Å²) in [6.45, 7) is 2.18. The standard InChI is InChI=1S/C8H13BrN4/c1-13-7(11-12-8(13)9)6-2-4-10-5-3-6/h6,10H,2-5H2,1H3. The van der Waals surface area contributed by atoms with Gasteiger partial charge in [-0.15, -0.1) is 10.2 Å². The molecular formula is C8H13BrN4. The molecule has 4 nitrogen and oxygen atoms in total. The first kappa shape index (κ1) is 9.15. The Morgan fingerprint density at radius 1 is 1.38 bits per heavy atom. The maximum atomic E-state index is 4.18. The minimum absolute atomic E-state index is 0.574. The van der Waals surface area contributed by atoms with Crippen LogP contribution in [0.25, 0.3) is 0 Å². The Bertz CT molecular complexity index is 290. The van der Waals surface area contributed by atoms with Crippen LogP contribution in [0, 0.1) is 0 Å². The first-order valence-corrected chi connectivity index (χ1v) is 5.34. The highest BCUT2D eigenvalue weighted by Gasteiger charge is 2.20. The van der Waals surface area contributed by atoms with Gasteiger partial charge in [-0.3, -0.25) is 0 Å². The lowest BCUT2D eigenvalue weighted by Crippen LogP contribution is -2.27. The fourth-order valence-electron chi connectivity index (χ4n) is 1.76. The summed E-state index contributed by atoms with van der Waals surface area (Å²) in [7, 11) is 2.00. The Kier molecular flexibility index (Phi) is 2.64. The number of rotatable bonds is 1. The second-order valence-corrected chi connectivity index (χ2v) is 4.12. The summed E-state index contributed by atoms with van der Waals surface area (Å²) in [5.41, 5.74) is 0. The van der Waals surface area contributed by atoms with Crippen molar-refractivity contribution in [1.29, 1.82) is 0 Å². The van der Waals surface area contributed by atoms with E-state index >= 15 is 0 Å². The second-order valence-electron chi connectivity index (χ2n) is 3.41. The van der Waals surface area contributed by atoms with Crippen LogP contribution in [0.2, 0.25) is 0 Å². The van der Waals surface area contributed by atoms with Gasteiger partial charge in [0.05, 0.1) is 0 Å². The zero-order chi connectivity index (χ0) is 9.26. The number of piperidine rings is 1. The molecule has 2 heterocycles. The molecule has 0 aliphatic carbocycles. The fraction of sp³-hybridized carbons (Fsp3) is 0.750. The third kappa shape index (κ3) is 1.76. The van der Waals surface area contributed by atoms with Crippen molar-refractivity contribution in [1.82, 2.24) is 20.1 Å². The zero-order valence-corrected chi connectivity index (χ0v) is 9.21. The predicted molar refractivity (Wildman–Crippen MR) is 53.5 cm³/mol. The lowest BCUT2D eigenvalue weighted by molar-refractivity contribution is 0.436. The largest absolute Gasteiger partial charge is 0.317 e. The molecule has 1 fully saturated rings. The first-order chi connectivity index (χ1) is 6.29. The Labute approximate surface area is 85.9 Å². The third-order valence-electron chi connectivity index (χ3n) is 2.56. The maximum absolute atomic E-state index is 4.18. The van der Waals surface area contributed by atoms with E-state index in [9.17, 15) is 0 Å². The monoisotopic (exact) mass is 244 g/mol. The lowest BCUT2D eigenvalue weighted by atomic mass is 9.97. The molecular weight excluding hydrogens is 232 g/mol. The minimum atomic E-state index is 0.574. The number of halogens is 1. The molecule has 0 saturated carbocycles. The molecule has 1 aliphatic rings. The molecule has 5 heteroatoms. The van der Waals surface area contributed by atoms with E-state index in [0.717, 1.165) is 23.6 Å². The number of hydrogen-bond donors (Lipinski definition) is 1. The van der Waals surface area contributed by atoms with Crippen LogP contribution in [0.4, 0.5) is 0 Å². The van der Waals surface area contributed by atoms with Crippen molar-refractivity contribution in [2.75, 3.05) is 13.1 Å². The first-order valence-electron chi connectivity index (χ1n) is 4.54. The number of nitrogens with zero attached hydrogens (tertiary/aromatic N) is 3. The number of hydrogen-bond acceptors (Lipinski definition) is 3. The van der Waals surface area contributed by atoms with Crippen molar-refractivity contribution in [3.63, 3.8) is 0 Å². The molecule has 2 rings (SSSR count). The maximum Gasteiger partial charge on any atom is 0.199 e. The molecule has 0 unspecified atom stereocenters. The Morgan fingerprint density at radius 2 is 2.08 bits per heavy atom. The molecule has 0 radical (unpaired) electrons. The molecule has 1 N–H and O–H groups in total. The van der Waals surface area contributed by atoms with Crippen LogP contribution in [-0.4, -0.2) is 27.9 Å². The normalized spacial score (nSPS) is 19.2. The van der Waals surface area contributed by atoms with Crippen LogP contribution in [0.3, 0.4) is 0 Å². The summed E-state index contributed by atoms with van der Waals surface area (Å²) in [4.78, 5) is 0. The van der Waals surface area contributed by atoms with Gasteiger partial charge >= 0.3 is 0 Å². The molecule has 1 aliphatic heterocycles. The molecule has 1 aromatic heterocycles. The second kappa shape index (κ2) is 3.75. The van der Waals surface area contributed by atoms with Crippen LogP contribution < -0.4 is 5.32 Å². The van der Waals surface area contributed by atoms with Gasteiger partial charge in [-0.2, -0.15) is 0 Å². The van der Waals surface area contributed by atoms with Crippen molar-refractivity contribution in [3.8, 4) is 0 Å². The highest BCUT2D eigenvalue weighted by atomic mass is 79.9. The molecule has 1 saturated heterocycles. The van der Waals surface area contributed by atoms with Crippen molar-refractivity contribution in [2.45, 2.75) is 18.8 Å². The predicted octanol–water partition coefficient (Wildman–Crippen LogP) is 1.04. The van der Waals surface area contributed by atoms with Gasteiger partial charge in [0.25, 0.3) is 0 Å². The van der Waals surface area contributed by atoms with E-state index in [-0.39, 0.29) is 0 Å². The minimum Gasteiger partial charge on any atom is -0.317 e. The summed E-state index contributed by atoms with van der Waals surface area (Å²) in [6.07, 6.45) is 2.33. The van der Waals surface area contributed by atoms with E-state index in [1.807, 2.05) is 11.6 Å². The van der Waals surface area contributed by atoms with Gasteiger partial charge in [0.2, 0.25) is 0 Å². The molecule has 0 aromatic carbocycles. The molecule has 0 atom stereocenters. The van der Waals surface area contributed by atoms with Gasteiger partial charge in [0.15, 0.2) is 4.73 Å². The Hall–Kier alpha value is -0.420. The van der Waals surface area contributed by atoms with E-state index in [1.165, 1.54) is 12.8 Å². The quantitative estimate of drug-likeness (QED) is 0.804. The average Bonchev–Trinajstić information content (AvgIpc) is 2.49. The van der Waals surface area contributed by atoms with Crippen molar-refractivity contribution in [2.24, 2.45) is 7.05 Å². The zero-order valence-electron chi connectivity index (χ0n) is 7.63. The van der Waals surface area contributed by atoms with E-state index in [2.05, 4.69) is 31.4 Å². The van der Waals surface area contributed by atoms with Crippen LogP contribution in [0.1, 0.15) is 24.6 Å². The molecule has 72 valence electrons. The Morgan fingerprint density at radius 3 is 2.62 bits per heavy atom. The molecule has 13 heavy (non-hydrogen) atoms. The molecule has 0 bridgehead atoms. The van der Waals surface area contributed by atoms with Crippen molar-refractivity contribution in [3.05, 3.63) is 10.6 Å². The van der Waals surface area contributed by atoms with Gasteiger partial charge in [-0.05, 0) is 41.9 Å². The Balaban J connectivity index is 2.18. The SMILES string of the molecule is Cn1c(Br)nnc1C1CCNCC1. The number of nitrogens with one attached hydrogen (secondary N) is 1. The smallest absolute Gasteiger partial charge is 0.199 e. The van der Waals surface area contributed by atoms with Gasteiger partial charge in [-0.1, -0.05) is 0 Å². The highest BCUT2D eigenvalue weighted by molar-refractivity contribution is 9.10. The summed E-state index contributed by atoms with van der Waals surface area (Å²) >= 11 is 3.36. The van der Waals surface area contributed by atoms with E-state index < -0.39 is 0 Å². The van der Waals surface area contributed by atoms with Crippen LogP contribution in [0.15, 0.2) is 4.73 Å². The average molecular weight is 245 g/mol. The van der Waals surface area contributed by atoms with Crippen LogP contribution in [-0.2, 0) is 7.05 Å². The number of aromatic nitrogens is 3. The molecule has 0 spiro atoms. The molecule has 1 aromatic rings. The summed E-state index contributed by atoms with van der Waals surface area (Å²) in [5.74, 6) is 1.68. The van der Waals surface area contributed by atoms with E-state index in [1.54, 1.807) is 0 Å². The molecule has 0 amide bonds. The van der Waals surface area contributed by atoms with Crippen molar-refractivity contribution >= 4 is 15.9 Å². The van der Waals surface area contributed by atoms with Gasteiger partial charge in [-0.25, -0.2) is 0 Å². The van der Waals surface area contributed by atoms with Gasteiger partial charge in [0.1, 0.15) is 5.82 Å². The topological polar surface area (TPSA) is 42.7 Å². The third-order valence-corrected chi connectivity index (χ3v) is 3.25. The van der Waals surface area contributed by atoms with E-state index in [4.69, 9.17) is 0 Å². The van der Waals surface area contributed by atoms with Crippen molar-refractivity contribution < 1.29 is 0 Å². The highest BCUT2D eigenvalue weighted by Crippen LogP contribution is 2.24. The van der Waals surface area contributed by atoms with Gasteiger partial charge in [0, 0.05) is 13.0 Å². The summed E-state index contributed by atoms with van der Waals surface area (Å²) in [5, 5.41) is 11.5. The van der Waals surface area contributed by atoms with E-state index in [0.29, 0.717) is 5.92 Å².